The summed E-state index contributed by atoms with van der Waals surface area (Å²) in [6.45, 7) is 7.30. The van der Waals surface area contributed by atoms with Gasteiger partial charge in [0.25, 0.3) is 0 Å². The molecule has 0 bridgehead atoms. The number of unbranched alkanes of at least 4 members (excludes halogenated alkanes) is 1. The molecule has 1 atom stereocenters. The summed E-state index contributed by atoms with van der Waals surface area (Å²) in [5.74, 6) is 1.80. The van der Waals surface area contributed by atoms with Gasteiger partial charge in [-0.2, -0.15) is 0 Å². The van der Waals surface area contributed by atoms with Crippen LogP contribution in [0.5, 0.6) is 5.75 Å². The van der Waals surface area contributed by atoms with Gasteiger partial charge in [-0.3, -0.25) is 4.79 Å². The normalized spacial score (nSPS) is 11.8. The molecule has 4 aromatic rings. The molecule has 0 spiro atoms. The monoisotopic (exact) mass is 467 g/mol. The Morgan fingerprint density at radius 2 is 1.77 bits per heavy atom. The maximum absolute atomic E-state index is 12.7. The predicted octanol–water partition coefficient (Wildman–Crippen LogP) is 6.04. The maximum Gasteiger partial charge on any atom is 0.224 e. The number of aromatic nitrogens is 2. The van der Waals surface area contributed by atoms with Crippen LogP contribution in [0.15, 0.2) is 91.5 Å². The van der Waals surface area contributed by atoms with Crippen LogP contribution in [0.3, 0.4) is 0 Å². The van der Waals surface area contributed by atoms with Gasteiger partial charge in [0.05, 0.1) is 30.1 Å². The smallest absolute Gasteiger partial charge is 0.224 e. The van der Waals surface area contributed by atoms with Crippen LogP contribution >= 0.6 is 0 Å². The second-order valence-electron chi connectivity index (χ2n) is 8.72. The first-order valence-electron chi connectivity index (χ1n) is 12.3. The Morgan fingerprint density at radius 1 is 1.03 bits per heavy atom. The number of aryl methyl sites for hydroxylation is 1. The predicted molar refractivity (Wildman–Crippen MR) is 142 cm³/mol. The van der Waals surface area contributed by atoms with Gasteiger partial charge in [0.2, 0.25) is 5.91 Å². The maximum atomic E-state index is 12.7. The van der Waals surface area contributed by atoms with Gasteiger partial charge >= 0.3 is 0 Å². The lowest BCUT2D eigenvalue weighted by atomic mass is 10.1. The van der Waals surface area contributed by atoms with Crippen LogP contribution in [-0.2, 0) is 24.2 Å². The molecule has 5 heteroatoms. The summed E-state index contributed by atoms with van der Waals surface area (Å²) in [5.41, 5.74) is 4.19. The van der Waals surface area contributed by atoms with E-state index in [9.17, 15) is 4.79 Å². The number of hydrogen-bond donors (Lipinski definition) is 1. The fourth-order valence-electron chi connectivity index (χ4n) is 4.32. The summed E-state index contributed by atoms with van der Waals surface area (Å²) in [5, 5.41) is 3.13. The molecule has 1 aromatic heterocycles. The summed E-state index contributed by atoms with van der Waals surface area (Å²) in [6, 6.07) is 25.9. The first kappa shape index (κ1) is 24.3. The number of para-hydroxylation sites is 3. The molecule has 1 unspecified atom stereocenters. The molecular formula is C30H33N3O2. The molecule has 4 rings (SSSR count). The third-order valence-corrected chi connectivity index (χ3v) is 6.03. The van der Waals surface area contributed by atoms with E-state index in [2.05, 4.69) is 28.6 Å². The van der Waals surface area contributed by atoms with Crippen LogP contribution in [0.4, 0.5) is 0 Å². The lowest BCUT2D eigenvalue weighted by Crippen LogP contribution is -2.30. The Bertz CT molecular complexity index is 1260. The van der Waals surface area contributed by atoms with Crippen molar-refractivity contribution in [2.24, 2.45) is 0 Å². The van der Waals surface area contributed by atoms with Crippen LogP contribution < -0.4 is 10.1 Å². The minimum atomic E-state index is -0.194. The number of ether oxygens (including phenoxy) is 1. The zero-order valence-corrected chi connectivity index (χ0v) is 20.3. The lowest BCUT2D eigenvalue weighted by Gasteiger charge is -2.17. The summed E-state index contributed by atoms with van der Waals surface area (Å²) in [4.78, 5) is 17.5. The molecule has 3 aromatic carbocycles. The fraction of sp³-hybridized carbons (Fsp3) is 0.267. The second-order valence-corrected chi connectivity index (χ2v) is 8.72. The molecule has 1 heterocycles. The number of amides is 1. The van der Waals surface area contributed by atoms with E-state index in [-0.39, 0.29) is 11.9 Å². The van der Waals surface area contributed by atoms with Crippen molar-refractivity contribution in [3.8, 4) is 5.75 Å². The van der Waals surface area contributed by atoms with E-state index >= 15 is 0 Å². The van der Waals surface area contributed by atoms with Crippen molar-refractivity contribution in [3.05, 3.63) is 108 Å². The average Bonchev–Trinajstić information content (AvgIpc) is 3.24. The summed E-state index contributed by atoms with van der Waals surface area (Å²) in [7, 11) is 0. The van der Waals surface area contributed by atoms with Crippen molar-refractivity contribution in [1.29, 1.82) is 0 Å². The molecule has 5 nitrogen and oxygen atoms in total. The average molecular weight is 468 g/mol. The fourth-order valence-corrected chi connectivity index (χ4v) is 4.32. The second kappa shape index (κ2) is 12.0. The van der Waals surface area contributed by atoms with Crippen LogP contribution in [0.1, 0.15) is 42.8 Å². The first-order chi connectivity index (χ1) is 17.2. The van der Waals surface area contributed by atoms with Crippen molar-refractivity contribution in [2.45, 2.75) is 45.2 Å². The Kier molecular flexibility index (Phi) is 8.34. The van der Waals surface area contributed by atoms with Crippen molar-refractivity contribution in [2.75, 3.05) is 6.61 Å². The number of nitrogens with one attached hydrogen (secondary N) is 1. The van der Waals surface area contributed by atoms with E-state index in [0.29, 0.717) is 13.0 Å². The Balaban J connectivity index is 1.38. The number of fused-ring (bicyclic) bond motifs is 1. The van der Waals surface area contributed by atoms with E-state index in [1.807, 2.05) is 79.7 Å². The third kappa shape index (κ3) is 6.38. The van der Waals surface area contributed by atoms with Gasteiger partial charge in [-0.25, -0.2) is 4.98 Å². The molecule has 1 amide bonds. The van der Waals surface area contributed by atoms with Gasteiger partial charge in [-0.1, -0.05) is 66.7 Å². The number of benzene rings is 3. The number of rotatable bonds is 12. The van der Waals surface area contributed by atoms with Gasteiger partial charge < -0.3 is 14.6 Å². The van der Waals surface area contributed by atoms with E-state index in [1.54, 1.807) is 0 Å². The van der Waals surface area contributed by atoms with Crippen LogP contribution in [0.25, 0.3) is 11.0 Å². The van der Waals surface area contributed by atoms with Gasteiger partial charge in [0.15, 0.2) is 0 Å². The molecule has 1 N–H and O–H groups in total. The van der Waals surface area contributed by atoms with Crippen molar-refractivity contribution < 1.29 is 9.53 Å². The highest BCUT2D eigenvalue weighted by molar-refractivity contribution is 5.79. The summed E-state index contributed by atoms with van der Waals surface area (Å²) >= 11 is 0. The van der Waals surface area contributed by atoms with E-state index < -0.39 is 0 Å². The van der Waals surface area contributed by atoms with Gasteiger partial charge in [0, 0.05) is 6.54 Å². The van der Waals surface area contributed by atoms with Gasteiger partial charge in [0.1, 0.15) is 11.6 Å². The van der Waals surface area contributed by atoms with Crippen molar-refractivity contribution in [3.63, 3.8) is 0 Å². The third-order valence-electron chi connectivity index (χ3n) is 6.03. The molecule has 0 aliphatic heterocycles. The molecule has 0 saturated carbocycles. The summed E-state index contributed by atoms with van der Waals surface area (Å²) in [6.07, 6.45) is 4.92. The van der Waals surface area contributed by atoms with Crippen molar-refractivity contribution >= 4 is 16.9 Å². The minimum Gasteiger partial charge on any atom is -0.493 e. The number of hydrogen-bond acceptors (Lipinski definition) is 3. The highest BCUT2D eigenvalue weighted by Gasteiger charge is 2.18. The van der Waals surface area contributed by atoms with Gasteiger partial charge in [-0.15, -0.1) is 6.58 Å². The number of imidazole rings is 1. The molecule has 0 saturated heterocycles. The van der Waals surface area contributed by atoms with E-state index in [1.165, 1.54) is 0 Å². The number of allylic oxidation sites excluding steroid dienone is 1. The van der Waals surface area contributed by atoms with E-state index in [4.69, 9.17) is 9.72 Å². The molecular weight excluding hydrogens is 434 g/mol. The van der Waals surface area contributed by atoms with Gasteiger partial charge in [-0.05, 0) is 55.5 Å². The first-order valence-corrected chi connectivity index (χ1v) is 12.3. The molecule has 0 fully saturated rings. The number of carbonyl (C=O) groups is 1. The largest absolute Gasteiger partial charge is 0.493 e. The molecule has 0 aliphatic rings. The zero-order valence-electron chi connectivity index (χ0n) is 20.3. The lowest BCUT2D eigenvalue weighted by molar-refractivity contribution is -0.121. The quantitative estimate of drug-likeness (QED) is 0.204. The molecule has 0 radical (unpaired) electrons. The molecule has 180 valence electrons. The standard InChI is InChI=1S/C30H33N3O2/c1-3-13-25-16-7-10-19-28(25)35-21-12-11-20-33-27-18-9-8-17-26(27)32-30(33)23(2)31-29(34)22-24-14-5-4-6-15-24/h3-10,14-19,23H,1,11-13,20-22H2,2H3,(H,31,34). The summed E-state index contributed by atoms with van der Waals surface area (Å²) < 4.78 is 8.28. The van der Waals surface area contributed by atoms with Crippen LogP contribution in [0.2, 0.25) is 0 Å². The Labute approximate surface area is 207 Å². The van der Waals surface area contributed by atoms with Crippen LogP contribution in [-0.4, -0.2) is 22.1 Å². The van der Waals surface area contributed by atoms with Crippen LogP contribution in [0, 0.1) is 0 Å². The molecule has 0 aliphatic carbocycles. The Hall–Kier alpha value is -3.86. The SMILES string of the molecule is C=CCc1ccccc1OCCCCn1c(C(C)NC(=O)Cc2ccccc2)nc2ccccc21. The van der Waals surface area contributed by atoms with Crippen molar-refractivity contribution in [1.82, 2.24) is 14.9 Å². The topological polar surface area (TPSA) is 56.1 Å². The van der Waals surface area contributed by atoms with E-state index in [0.717, 1.165) is 59.5 Å². The highest BCUT2D eigenvalue weighted by atomic mass is 16.5. The Morgan fingerprint density at radius 3 is 2.60 bits per heavy atom. The number of nitrogens with zero attached hydrogens (tertiary/aromatic N) is 2. The number of carbonyl (C=O) groups excluding carboxylic acids is 1. The molecule has 35 heavy (non-hydrogen) atoms. The highest BCUT2D eigenvalue weighted by Crippen LogP contribution is 2.23. The minimum absolute atomic E-state index is 0.00565. The zero-order chi connectivity index (χ0) is 24.5.